The van der Waals surface area contributed by atoms with Gasteiger partial charge in [-0.25, -0.2) is 13.4 Å². The van der Waals surface area contributed by atoms with Gasteiger partial charge in [-0.1, -0.05) is 0 Å². The van der Waals surface area contributed by atoms with Crippen LogP contribution in [0.15, 0.2) is 29.4 Å². The molecular formula is C22H23IN4O5S. The molecule has 0 atom stereocenters. The number of carbonyl (C=O) groups is 2. The van der Waals surface area contributed by atoms with Crippen molar-refractivity contribution in [1.82, 2.24) is 14.8 Å². The highest BCUT2D eigenvalue weighted by molar-refractivity contribution is 14.1. The van der Waals surface area contributed by atoms with Crippen molar-refractivity contribution in [3.05, 3.63) is 50.2 Å². The highest BCUT2D eigenvalue weighted by Crippen LogP contribution is 2.37. The minimum atomic E-state index is -3.07. The number of aromatic nitrogens is 1. The monoisotopic (exact) mass is 582 g/mol. The summed E-state index contributed by atoms with van der Waals surface area (Å²) in [6.07, 6.45) is 3.37. The molecule has 0 saturated heterocycles. The molecule has 9 nitrogen and oxygen atoms in total. The smallest absolute Gasteiger partial charge is 0.261 e. The number of imide groups is 1. The van der Waals surface area contributed by atoms with Crippen LogP contribution in [-0.4, -0.2) is 86.5 Å². The third-order valence-corrected chi connectivity index (χ3v) is 7.50. The van der Waals surface area contributed by atoms with Gasteiger partial charge in [0, 0.05) is 42.1 Å². The van der Waals surface area contributed by atoms with E-state index >= 15 is 0 Å². The van der Waals surface area contributed by atoms with Gasteiger partial charge in [0.25, 0.3) is 11.8 Å². The summed E-state index contributed by atoms with van der Waals surface area (Å²) in [7, 11) is 0.252. The molecule has 33 heavy (non-hydrogen) atoms. The number of benzene rings is 1. The first-order valence-corrected chi connectivity index (χ1v) is 13.4. The molecule has 0 saturated carbocycles. The second kappa shape index (κ2) is 9.11. The lowest BCUT2D eigenvalue weighted by Crippen LogP contribution is -2.38. The number of fused-ring (bicyclic) bond motifs is 2. The zero-order chi connectivity index (χ0) is 23.9. The Hall–Kier alpha value is -2.38. The van der Waals surface area contributed by atoms with Crippen molar-refractivity contribution < 1.29 is 22.7 Å². The number of sulfone groups is 1. The summed E-state index contributed by atoms with van der Waals surface area (Å²) in [5, 5.41) is 0. The van der Waals surface area contributed by atoms with Gasteiger partial charge in [-0.05, 0) is 53.4 Å². The summed E-state index contributed by atoms with van der Waals surface area (Å²) >= 11 is 2.21. The Kier molecular flexibility index (Phi) is 6.56. The van der Waals surface area contributed by atoms with Gasteiger partial charge in [0.05, 0.1) is 41.0 Å². The summed E-state index contributed by atoms with van der Waals surface area (Å²) in [6, 6.07) is 5.31. The predicted molar refractivity (Wildman–Crippen MR) is 132 cm³/mol. The second-order valence-electron chi connectivity index (χ2n) is 8.13. The number of amides is 2. The van der Waals surface area contributed by atoms with Gasteiger partial charge in [0.1, 0.15) is 9.84 Å². The van der Waals surface area contributed by atoms with Crippen molar-refractivity contribution >= 4 is 55.6 Å². The van der Waals surface area contributed by atoms with Crippen LogP contribution in [0.4, 0.5) is 5.69 Å². The van der Waals surface area contributed by atoms with Gasteiger partial charge in [-0.3, -0.25) is 19.5 Å². The molecule has 2 amide bonds. The van der Waals surface area contributed by atoms with Gasteiger partial charge in [-0.15, -0.1) is 0 Å². The van der Waals surface area contributed by atoms with E-state index in [0.717, 1.165) is 20.4 Å². The van der Waals surface area contributed by atoms with Crippen LogP contribution in [-0.2, 0) is 16.3 Å². The van der Waals surface area contributed by atoms with Gasteiger partial charge in [0.15, 0.2) is 0 Å². The summed E-state index contributed by atoms with van der Waals surface area (Å²) in [6.45, 7) is 0.920. The number of rotatable bonds is 8. The van der Waals surface area contributed by atoms with Crippen molar-refractivity contribution in [3.63, 3.8) is 0 Å². The first-order valence-electron chi connectivity index (χ1n) is 10.2. The largest absolute Gasteiger partial charge is 0.480 e. The average molecular weight is 582 g/mol. The normalized spacial score (nSPS) is 15.2. The van der Waals surface area contributed by atoms with Crippen molar-refractivity contribution in [1.29, 1.82) is 0 Å². The van der Waals surface area contributed by atoms with Crippen LogP contribution in [0.1, 0.15) is 31.8 Å². The lowest BCUT2D eigenvalue weighted by Gasteiger charge is -2.20. The maximum Gasteiger partial charge on any atom is 0.261 e. The number of hydrogen-bond acceptors (Lipinski definition) is 8. The lowest BCUT2D eigenvalue weighted by molar-refractivity contribution is 0.0642. The first-order chi connectivity index (χ1) is 15.6. The van der Waals surface area contributed by atoms with Gasteiger partial charge in [0.2, 0.25) is 5.88 Å². The number of halogens is 1. The Morgan fingerprint density at radius 2 is 1.88 bits per heavy atom. The Bertz CT molecular complexity index is 1290. The molecule has 0 radical (unpaired) electrons. The van der Waals surface area contributed by atoms with E-state index in [9.17, 15) is 18.0 Å². The lowest BCUT2D eigenvalue weighted by atomic mass is 10.0. The van der Waals surface area contributed by atoms with Gasteiger partial charge < -0.3 is 9.64 Å². The summed E-state index contributed by atoms with van der Waals surface area (Å²) in [5.74, 6) is -0.179. The molecule has 0 bridgehead atoms. The third kappa shape index (κ3) is 4.80. The van der Waals surface area contributed by atoms with Crippen LogP contribution in [0.5, 0.6) is 5.88 Å². The molecule has 174 valence electrons. The number of carbonyl (C=O) groups excluding carboxylic acids is 2. The molecule has 0 aliphatic carbocycles. The van der Waals surface area contributed by atoms with E-state index in [1.807, 2.05) is 6.07 Å². The summed E-state index contributed by atoms with van der Waals surface area (Å²) in [4.78, 5) is 37.9. The van der Waals surface area contributed by atoms with Crippen LogP contribution in [0.3, 0.4) is 0 Å². The standard InChI is InChI=1S/C22H23IN4O5S/c1-26(8-9-33(3,30)31)6-7-27-21(28)14-10-13-11-18(25-17(13)12-15(14)22(27)29)19-16(23)4-5-24-20(19)32-2/h4-5,10,12H,6-9,11H2,1-3H3. The molecule has 0 unspecified atom stereocenters. The van der Waals surface area contributed by atoms with Gasteiger partial charge >= 0.3 is 0 Å². The number of likely N-dealkylation sites (N-methyl/N-ethyl adjacent to an activating group) is 1. The minimum Gasteiger partial charge on any atom is -0.480 e. The van der Waals surface area contributed by atoms with E-state index in [0.29, 0.717) is 42.2 Å². The van der Waals surface area contributed by atoms with E-state index in [2.05, 4.69) is 27.6 Å². The van der Waals surface area contributed by atoms with E-state index < -0.39 is 9.84 Å². The van der Waals surface area contributed by atoms with Crippen LogP contribution in [0.25, 0.3) is 0 Å². The SMILES string of the molecule is COc1nccc(I)c1C1=Nc2cc3c(cc2C1)C(=O)N(CCN(C)CCS(C)(=O)=O)C3=O. The quantitative estimate of drug-likeness (QED) is 0.346. The molecule has 1 aromatic heterocycles. The van der Waals surface area contributed by atoms with Crippen LogP contribution >= 0.6 is 22.6 Å². The van der Waals surface area contributed by atoms with Crippen molar-refractivity contribution in [2.75, 3.05) is 45.8 Å². The van der Waals surface area contributed by atoms with Crippen molar-refractivity contribution in [2.45, 2.75) is 6.42 Å². The van der Waals surface area contributed by atoms with Crippen LogP contribution in [0.2, 0.25) is 0 Å². The Balaban J connectivity index is 1.53. The number of ether oxygens (including phenoxy) is 1. The van der Waals surface area contributed by atoms with Crippen LogP contribution in [0, 0.1) is 3.57 Å². The third-order valence-electron chi connectivity index (χ3n) is 5.68. The molecule has 2 aromatic rings. The molecule has 3 heterocycles. The maximum atomic E-state index is 13.0. The molecule has 1 aromatic carbocycles. The average Bonchev–Trinajstić information content (AvgIpc) is 3.27. The zero-order valence-corrected chi connectivity index (χ0v) is 21.4. The Morgan fingerprint density at radius 1 is 1.18 bits per heavy atom. The summed E-state index contributed by atoms with van der Waals surface area (Å²) < 4.78 is 29.1. The fraction of sp³-hybridized carbons (Fsp3) is 0.364. The number of aliphatic imine (C=N–C) groups is 1. The molecule has 2 aliphatic rings. The van der Waals surface area contributed by atoms with Crippen molar-refractivity contribution in [3.8, 4) is 5.88 Å². The second-order valence-corrected chi connectivity index (χ2v) is 11.6. The fourth-order valence-corrected chi connectivity index (χ4v) is 5.22. The maximum absolute atomic E-state index is 13.0. The minimum absolute atomic E-state index is 0.0271. The molecular weight excluding hydrogens is 559 g/mol. The molecule has 0 fully saturated rings. The first kappa shape index (κ1) is 23.8. The fourth-order valence-electron chi connectivity index (χ4n) is 3.87. The molecule has 0 spiro atoms. The molecule has 2 aliphatic heterocycles. The number of hydrogen-bond donors (Lipinski definition) is 0. The number of pyridine rings is 1. The van der Waals surface area contributed by atoms with E-state index in [1.165, 1.54) is 11.2 Å². The zero-order valence-electron chi connectivity index (χ0n) is 18.5. The van der Waals surface area contributed by atoms with E-state index in [4.69, 9.17) is 9.73 Å². The Morgan fingerprint density at radius 3 is 2.55 bits per heavy atom. The topological polar surface area (TPSA) is 109 Å². The molecule has 11 heteroatoms. The summed E-state index contributed by atoms with van der Waals surface area (Å²) in [5.41, 5.74) is 3.86. The van der Waals surface area contributed by atoms with E-state index in [-0.39, 0.29) is 24.1 Å². The Labute approximate surface area is 205 Å². The highest BCUT2D eigenvalue weighted by Gasteiger charge is 2.37. The number of nitrogens with zero attached hydrogens (tertiary/aromatic N) is 4. The van der Waals surface area contributed by atoms with Gasteiger partial charge in [-0.2, -0.15) is 0 Å². The molecule has 0 N–H and O–H groups in total. The van der Waals surface area contributed by atoms with Crippen LogP contribution < -0.4 is 4.74 Å². The molecule has 4 rings (SSSR count). The predicted octanol–water partition coefficient (Wildman–Crippen LogP) is 1.94. The van der Waals surface area contributed by atoms with E-state index in [1.54, 1.807) is 37.4 Å². The highest BCUT2D eigenvalue weighted by atomic mass is 127. The number of methoxy groups -OCH3 is 1. The van der Waals surface area contributed by atoms with Crippen molar-refractivity contribution in [2.24, 2.45) is 4.99 Å².